The Balaban J connectivity index is 1.83. The Morgan fingerprint density at radius 3 is 2.86 bits per heavy atom. The number of carbonyl (C=O) groups excluding carboxylic acids is 1. The standard InChI is InChI=1S/C16H23FN2O2/c1-2-18-15-13(8-5-9-14(15)17)16(20)19-10-11-21-12-6-3-4-7-12/h5,8-9,12,18H,2-4,6-7,10-11H2,1H3,(H,19,20). The third-order valence-electron chi connectivity index (χ3n) is 3.66. The lowest BCUT2D eigenvalue weighted by Crippen LogP contribution is -2.29. The van der Waals surface area contributed by atoms with Crippen molar-refractivity contribution < 1.29 is 13.9 Å². The third-order valence-corrected chi connectivity index (χ3v) is 3.66. The molecule has 116 valence electrons. The second-order valence-corrected chi connectivity index (χ2v) is 5.23. The molecule has 1 fully saturated rings. The average molecular weight is 294 g/mol. The summed E-state index contributed by atoms with van der Waals surface area (Å²) in [4.78, 5) is 12.1. The fraction of sp³-hybridized carbons (Fsp3) is 0.562. The Labute approximate surface area is 125 Å². The van der Waals surface area contributed by atoms with Crippen molar-refractivity contribution in [3.63, 3.8) is 0 Å². The Morgan fingerprint density at radius 1 is 1.38 bits per heavy atom. The number of amides is 1. The molecule has 5 heteroatoms. The molecule has 0 aromatic heterocycles. The molecule has 0 radical (unpaired) electrons. The summed E-state index contributed by atoms with van der Waals surface area (Å²) in [7, 11) is 0. The number of benzene rings is 1. The lowest BCUT2D eigenvalue weighted by molar-refractivity contribution is 0.0582. The van der Waals surface area contributed by atoms with E-state index in [0.717, 1.165) is 12.8 Å². The van der Waals surface area contributed by atoms with Crippen LogP contribution in [0.15, 0.2) is 18.2 Å². The van der Waals surface area contributed by atoms with Crippen molar-refractivity contribution >= 4 is 11.6 Å². The molecule has 1 amide bonds. The largest absolute Gasteiger partial charge is 0.382 e. The van der Waals surface area contributed by atoms with Crippen LogP contribution in [-0.4, -0.2) is 31.7 Å². The molecule has 0 unspecified atom stereocenters. The lowest BCUT2D eigenvalue weighted by Gasteiger charge is -2.13. The van der Waals surface area contributed by atoms with E-state index in [1.165, 1.54) is 18.9 Å². The van der Waals surface area contributed by atoms with Gasteiger partial charge in [-0.05, 0) is 31.9 Å². The van der Waals surface area contributed by atoms with Crippen molar-refractivity contribution in [1.29, 1.82) is 0 Å². The first-order valence-corrected chi connectivity index (χ1v) is 7.64. The molecule has 2 rings (SSSR count). The van der Waals surface area contributed by atoms with Crippen LogP contribution in [0.3, 0.4) is 0 Å². The van der Waals surface area contributed by atoms with Crippen LogP contribution in [-0.2, 0) is 4.74 Å². The molecule has 0 atom stereocenters. The zero-order valence-corrected chi connectivity index (χ0v) is 12.5. The number of anilines is 1. The summed E-state index contributed by atoms with van der Waals surface area (Å²) in [6, 6.07) is 4.51. The van der Waals surface area contributed by atoms with Gasteiger partial charge in [0.15, 0.2) is 0 Å². The maximum absolute atomic E-state index is 13.7. The van der Waals surface area contributed by atoms with E-state index in [2.05, 4.69) is 10.6 Å². The van der Waals surface area contributed by atoms with E-state index in [4.69, 9.17) is 4.74 Å². The van der Waals surface area contributed by atoms with Gasteiger partial charge in [-0.25, -0.2) is 4.39 Å². The van der Waals surface area contributed by atoms with Crippen LogP contribution in [0.2, 0.25) is 0 Å². The summed E-state index contributed by atoms with van der Waals surface area (Å²) in [5, 5.41) is 5.67. The second kappa shape index (κ2) is 7.98. The van der Waals surface area contributed by atoms with Gasteiger partial charge in [-0.3, -0.25) is 4.79 Å². The van der Waals surface area contributed by atoms with E-state index >= 15 is 0 Å². The van der Waals surface area contributed by atoms with E-state index in [1.54, 1.807) is 12.1 Å². The maximum Gasteiger partial charge on any atom is 0.253 e. The first-order valence-electron chi connectivity index (χ1n) is 7.64. The molecule has 0 saturated heterocycles. The van der Waals surface area contributed by atoms with Gasteiger partial charge in [-0.1, -0.05) is 18.9 Å². The Kier molecular flexibility index (Phi) is 5.99. The van der Waals surface area contributed by atoms with Gasteiger partial charge in [0.05, 0.1) is 24.0 Å². The topological polar surface area (TPSA) is 50.4 Å². The number of hydrogen-bond acceptors (Lipinski definition) is 3. The number of carbonyl (C=O) groups is 1. The van der Waals surface area contributed by atoms with Crippen LogP contribution in [0.4, 0.5) is 10.1 Å². The number of nitrogens with one attached hydrogen (secondary N) is 2. The van der Waals surface area contributed by atoms with Gasteiger partial charge >= 0.3 is 0 Å². The zero-order valence-electron chi connectivity index (χ0n) is 12.5. The van der Waals surface area contributed by atoms with E-state index in [-0.39, 0.29) is 11.6 Å². The monoisotopic (exact) mass is 294 g/mol. The Bertz CT molecular complexity index is 473. The van der Waals surface area contributed by atoms with Crippen LogP contribution >= 0.6 is 0 Å². The summed E-state index contributed by atoms with van der Waals surface area (Å²) in [6.45, 7) is 3.37. The summed E-state index contributed by atoms with van der Waals surface area (Å²) in [5.41, 5.74) is 0.590. The summed E-state index contributed by atoms with van der Waals surface area (Å²) in [6.07, 6.45) is 5.03. The fourth-order valence-corrected chi connectivity index (χ4v) is 2.61. The highest BCUT2D eigenvalue weighted by Gasteiger charge is 2.16. The van der Waals surface area contributed by atoms with Crippen molar-refractivity contribution in [3.8, 4) is 0 Å². The van der Waals surface area contributed by atoms with Crippen molar-refractivity contribution in [2.45, 2.75) is 38.7 Å². The molecule has 1 aliphatic carbocycles. The molecule has 0 bridgehead atoms. The normalized spacial score (nSPS) is 15.1. The first-order chi connectivity index (χ1) is 10.2. The Hall–Kier alpha value is -1.62. The highest BCUT2D eigenvalue weighted by atomic mass is 19.1. The molecule has 1 aromatic rings. The number of ether oxygens (including phenoxy) is 1. The van der Waals surface area contributed by atoms with Crippen molar-refractivity contribution in [2.75, 3.05) is 25.0 Å². The zero-order chi connectivity index (χ0) is 15.1. The number of para-hydroxylation sites is 1. The van der Waals surface area contributed by atoms with Crippen LogP contribution < -0.4 is 10.6 Å². The van der Waals surface area contributed by atoms with Crippen molar-refractivity contribution in [2.24, 2.45) is 0 Å². The van der Waals surface area contributed by atoms with Gasteiger partial charge in [-0.2, -0.15) is 0 Å². The van der Waals surface area contributed by atoms with Gasteiger partial charge in [0.2, 0.25) is 0 Å². The van der Waals surface area contributed by atoms with Gasteiger partial charge in [0.1, 0.15) is 5.82 Å². The predicted molar refractivity (Wildman–Crippen MR) is 81.1 cm³/mol. The molecule has 1 aliphatic rings. The summed E-state index contributed by atoms with van der Waals surface area (Å²) in [5.74, 6) is -0.688. The fourth-order valence-electron chi connectivity index (χ4n) is 2.61. The smallest absolute Gasteiger partial charge is 0.253 e. The molecule has 0 spiro atoms. The number of hydrogen-bond donors (Lipinski definition) is 2. The molecule has 4 nitrogen and oxygen atoms in total. The highest BCUT2D eigenvalue weighted by molar-refractivity contribution is 5.99. The van der Waals surface area contributed by atoms with Crippen LogP contribution in [0, 0.1) is 5.82 Å². The number of rotatable bonds is 7. The molecular weight excluding hydrogens is 271 g/mol. The van der Waals surface area contributed by atoms with Crippen molar-refractivity contribution in [1.82, 2.24) is 5.32 Å². The van der Waals surface area contributed by atoms with E-state index in [1.807, 2.05) is 6.92 Å². The quantitative estimate of drug-likeness (QED) is 0.760. The van der Waals surface area contributed by atoms with Crippen LogP contribution in [0.1, 0.15) is 43.0 Å². The van der Waals surface area contributed by atoms with E-state index in [9.17, 15) is 9.18 Å². The van der Waals surface area contributed by atoms with E-state index in [0.29, 0.717) is 31.4 Å². The second-order valence-electron chi connectivity index (χ2n) is 5.23. The molecule has 21 heavy (non-hydrogen) atoms. The maximum atomic E-state index is 13.7. The highest BCUT2D eigenvalue weighted by Crippen LogP contribution is 2.21. The minimum absolute atomic E-state index is 0.259. The number of halogens is 1. The molecule has 1 saturated carbocycles. The van der Waals surface area contributed by atoms with Gasteiger partial charge in [0, 0.05) is 13.1 Å². The molecule has 0 heterocycles. The molecule has 1 aromatic carbocycles. The van der Waals surface area contributed by atoms with E-state index < -0.39 is 5.82 Å². The van der Waals surface area contributed by atoms with Crippen LogP contribution in [0.5, 0.6) is 0 Å². The SMILES string of the molecule is CCNc1c(F)cccc1C(=O)NCCOC1CCCC1. The van der Waals surface area contributed by atoms with Gasteiger partial charge in [0.25, 0.3) is 5.91 Å². The minimum Gasteiger partial charge on any atom is -0.382 e. The third kappa shape index (κ3) is 4.43. The van der Waals surface area contributed by atoms with Gasteiger partial charge in [-0.15, -0.1) is 0 Å². The minimum atomic E-state index is -0.410. The first kappa shape index (κ1) is 15.8. The summed E-state index contributed by atoms with van der Waals surface area (Å²) >= 11 is 0. The summed E-state index contributed by atoms with van der Waals surface area (Å²) < 4.78 is 19.4. The van der Waals surface area contributed by atoms with Gasteiger partial charge < -0.3 is 15.4 Å². The lowest BCUT2D eigenvalue weighted by atomic mass is 10.1. The molecule has 0 aliphatic heterocycles. The average Bonchev–Trinajstić information content (AvgIpc) is 2.99. The molecule has 2 N–H and O–H groups in total. The Morgan fingerprint density at radius 2 is 2.14 bits per heavy atom. The molecular formula is C16H23FN2O2. The predicted octanol–water partition coefficient (Wildman–Crippen LogP) is 2.95. The van der Waals surface area contributed by atoms with Crippen molar-refractivity contribution in [3.05, 3.63) is 29.6 Å². The van der Waals surface area contributed by atoms with Crippen LogP contribution in [0.25, 0.3) is 0 Å².